The summed E-state index contributed by atoms with van der Waals surface area (Å²) in [6.07, 6.45) is 2.27. The summed E-state index contributed by atoms with van der Waals surface area (Å²) in [5.41, 5.74) is 0. The van der Waals surface area contributed by atoms with E-state index in [0.717, 1.165) is 26.1 Å². The number of nitrogens with zero attached hydrogens (tertiary/aromatic N) is 1. The molecule has 2 rings (SSSR count). The Morgan fingerprint density at radius 1 is 1.39 bits per heavy atom. The molecule has 2 aliphatic heterocycles. The molecule has 5 nitrogen and oxygen atoms in total. The molecule has 0 saturated carbocycles. The smallest absolute Gasteiger partial charge is 0.248 e. The molecule has 0 radical (unpaired) electrons. The molecule has 2 atom stereocenters. The number of nitrogens with one attached hydrogen (secondary N) is 1. The molecule has 0 bridgehead atoms. The number of carbonyl (C=O) groups excluding carboxylic acids is 1. The largest absolute Gasteiger partial charge is 0.382 e. The van der Waals surface area contributed by atoms with Crippen LogP contribution in [-0.2, 0) is 14.3 Å². The molecule has 0 aliphatic carbocycles. The van der Waals surface area contributed by atoms with Crippen molar-refractivity contribution in [3.63, 3.8) is 0 Å². The van der Waals surface area contributed by atoms with E-state index in [1.54, 1.807) is 7.11 Å². The monoisotopic (exact) mass is 278 g/mol. The van der Waals surface area contributed by atoms with Crippen LogP contribution in [0.4, 0.5) is 0 Å². The zero-order valence-electron chi connectivity index (χ0n) is 10.9. The van der Waals surface area contributed by atoms with Crippen molar-refractivity contribution in [2.75, 3.05) is 46.6 Å². The minimum absolute atomic E-state index is 0. The van der Waals surface area contributed by atoms with Crippen LogP contribution in [0.3, 0.4) is 0 Å². The maximum Gasteiger partial charge on any atom is 0.248 e. The van der Waals surface area contributed by atoms with Gasteiger partial charge in [0.15, 0.2) is 0 Å². The van der Waals surface area contributed by atoms with E-state index in [1.807, 2.05) is 4.90 Å². The number of methoxy groups -OCH3 is 1. The Kier molecular flexibility index (Phi) is 6.92. The fraction of sp³-hybridized carbons (Fsp3) is 0.917. The molecule has 106 valence electrons. The van der Waals surface area contributed by atoms with E-state index >= 15 is 0 Å². The van der Waals surface area contributed by atoms with Gasteiger partial charge in [0.2, 0.25) is 5.91 Å². The molecular formula is C12H23ClN2O3. The maximum atomic E-state index is 11.9. The van der Waals surface area contributed by atoms with Crippen molar-refractivity contribution in [3.05, 3.63) is 0 Å². The summed E-state index contributed by atoms with van der Waals surface area (Å²) in [7, 11) is 1.63. The van der Waals surface area contributed by atoms with Gasteiger partial charge in [-0.2, -0.15) is 0 Å². The van der Waals surface area contributed by atoms with Gasteiger partial charge in [0.1, 0.15) is 6.61 Å². The summed E-state index contributed by atoms with van der Waals surface area (Å²) in [5.74, 6) is 0.762. The maximum absolute atomic E-state index is 11.9. The average molecular weight is 279 g/mol. The lowest BCUT2D eigenvalue weighted by Crippen LogP contribution is -2.48. The van der Waals surface area contributed by atoms with Gasteiger partial charge in [-0.15, -0.1) is 12.4 Å². The summed E-state index contributed by atoms with van der Waals surface area (Å²) in [4.78, 5) is 13.8. The molecule has 6 heteroatoms. The molecule has 18 heavy (non-hydrogen) atoms. The number of fused-ring (bicyclic) bond motifs is 1. The molecule has 1 N–H and O–H groups in total. The van der Waals surface area contributed by atoms with Crippen LogP contribution in [0, 0.1) is 5.92 Å². The fourth-order valence-corrected chi connectivity index (χ4v) is 2.67. The highest BCUT2D eigenvalue weighted by molar-refractivity contribution is 5.85. The number of amides is 1. The van der Waals surface area contributed by atoms with Crippen molar-refractivity contribution < 1.29 is 14.3 Å². The van der Waals surface area contributed by atoms with Crippen molar-refractivity contribution >= 4 is 18.3 Å². The minimum atomic E-state index is 0. The van der Waals surface area contributed by atoms with Crippen LogP contribution >= 0.6 is 12.4 Å². The normalized spacial score (nSPS) is 26.6. The Balaban J connectivity index is 0.00000162. The second kappa shape index (κ2) is 7.94. The van der Waals surface area contributed by atoms with Crippen LogP contribution in [0.5, 0.6) is 0 Å². The molecule has 2 fully saturated rings. The van der Waals surface area contributed by atoms with Gasteiger partial charge in [-0.25, -0.2) is 0 Å². The summed E-state index contributed by atoms with van der Waals surface area (Å²) in [5, 5.41) is 3.49. The van der Waals surface area contributed by atoms with E-state index in [4.69, 9.17) is 9.47 Å². The average Bonchev–Trinajstić information content (AvgIpc) is 2.81. The molecule has 1 amide bonds. The number of carbonyl (C=O) groups is 1. The topological polar surface area (TPSA) is 50.8 Å². The van der Waals surface area contributed by atoms with Crippen LogP contribution in [0.25, 0.3) is 0 Å². The van der Waals surface area contributed by atoms with Crippen molar-refractivity contribution in [2.45, 2.75) is 18.9 Å². The second-order valence-electron chi connectivity index (χ2n) is 4.78. The molecule has 0 aromatic carbocycles. The summed E-state index contributed by atoms with van der Waals surface area (Å²) < 4.78 is 10.1. The van der Waals surface area contributed by atoms with Gasteiger partial charge in [-0.3, -0.25) is 4.79 Å². The number of hydrogen-bond donors (Lipinski definition) is 1. The highest BCUT2D eigenvalue weighted by atomic mass is 35.5. The highest BCUT2D eigenvalue weighted by Gasteiger charge is 2.34. The lowest BCUT2D eigenvalue weighted by molar-refractivity contribution is -0.138. The first-order chi connectivity index (χ1) is 8.31. The van der Waals surface area contributed by atoms with Crippen molar-refractivity contribution in [1.29, 1.82) is 0 Å². The lowest BCUT2D eigenvalue weighted by atomic mass is 9.93. The number of halogens is 1. The van der Waals surface area contributed by atoms with Gasteiger partial charge in [0.25, 0.3) is 0 Å². The highest BCUT2D eigenvalue weighted by Crippen LogP contribution is 2.24. The van der Waals surface area contributed by atoms with Crippen LogP contribution in [0.15, 0.2) is 0 Å². The van der Waals surface area contributed by atoms with Gasteiger partial charge in [0, 0.05) is 26.2 Å². The van der Waals surface area contributed by atoms with Crippen LogP contribution in [0.2, 0.25) is 0 Å². The number of likely N-dealkylation sites (tertiary alicyclic amines) is 1. The second-order valence-corrected chi connectivity index (χ2v) is 4.78. The third kappa shape index (κ3) is 4.09. The van der Waals surface area contributed by atoms with Crippen molar-refractivity contribution in [2.24, 2.45) is 5.92 Å². The van der Waals surface area contributed by atoms with Crippen molar-refractivity contribution in [3.8, 4) is 0 Å². The molecule has 2 heterocycles. The Hall–Kier alpha value is -0.360. The Bertz CT molecular complexity index is 266. The zero-order chi connectivity index (χ0) is 12.1. The summed E-state index contributed by atoms with van der Waals surface area (Å²) in [6, 6.07) is 0.633. The minimum Gasteiger partial charge on any atom is -0.382 e. The van der Waals surface area contributed by atoms with E-state index in [-0.39, 0.29) is 24.9 Å². The summed E-state index contributed by atoms with van der Waals surface area (Å²) in [6.45, 7) is 4.08. The Morgan fingerprint density at radius 3 is 3.00 bits per heavy atom. The van der Waals surface area contributed by atoms with E-state index in [9.17, 15) is 4.79 Å². The number of hydrogen-bond acceptors (Lipinski definition) is 4. The van der Waals surface area contributed by atoms with Gasteiger partial charge >= 0.3 is 0 Å². The first-order valence-electron chi connectivity index (χ1n) is 6.39. The number of ether oxygens (including phenoxy) is 2. The standard InChI is InChI=1S/C12H22N2O3.ClH/c1-16-6-7-17-9-12(15)14-5-3-11-10(8-14)2-4-13-11;/h10-11,13H,2-9H2,1H3;1H. The van der Waals surface area contributed by atoms with E-state index in [0.29, 0.717) is 25.2 Å². The molecule has 0 spiro atoms. The molecule has 2 aliphatic rings. The predicted molar refractivity (Wildman–Crippen MR) is 71.0 cm³/mol. The lowest BCUT2D eigenvalue weighted by Gasteiger charge is -2.34. The molecular weight excluding hydrogens is 256 g/mol. The van der Waals surface area contributed by atoms with Gasteiger partial charge in [-0.1, -0.05) is 0 Å². The van der Waals surface area contributed by atoms with E-state index in [2.05, 4.69) is 5.32 Å². The molecule has 2 unspecified atom stereocenters. The van der Waals surface area contributed by atoms with Crippen molar-refractivity contribution in [1.82, 2.24) is 10.2 Å². The first-order valence-corrected chi connectivity index (χ1v) is 6.39. The van der Waals surface area contributed by atoms with E-state index in [1.165, 1.54) is 6.42 Å². The van der Waals surface area contributed by atoms with E-state index < -0.39 is 0 Å². The van der Waals surface area contributed by atoms with Crippen LogP contribution in [-0.4, -0.2) is 63.4 Å². The third-order valence-corrected chi connectivity index (χ3v) is 3.67. The quantitative estimate of drug-likeness (QED) is 0.734. The van der Waals surface area contributed by atoms with Crippen LogP contribution < -0.4 is 5.32 Å². The van der Waals surface area contributed by atoms with Gasteiger partial charge < -0.3 is 19.7 Å². The third-order valence-electron chi connectivity index (χ3n) is 3.67. The van der Waals surface area contributed by atoms with Crippen LogP contribution in [0.1, 0.15) is 12.8 Å². The Labute approximate surface area is 115 Å². The molecule has 0 aromatic heterocycles. The summed E-state index contributed by atoms with van der Waals surface area (Å²) >= 11 is 0. The zero-order valence-corrected chi connectivity index (χ0v) is 11.7. The fourth-order valence-electron chi connectivity index (χ4n) is 2.67. The van der Waals surface area contributed by atoms with Gasteiger partial charge in [0.05, 0.1) is 13.2 Å². The number of rotatable bonds is 5. The SMILES string of the molecule is COCCOCC(=O)N1CCC2NCCC2C1.Cl. The predicted octanol–water partition coefficient (Wildman–Crippen LogP) is 0.282. The molecule has 0 aromatic rings. The molecule has 2 saturated heterocycles. The Morgan fingerprint density at radius 2 is 2.22 bits per heavy atom. The van der Waals surface area contributed by atoms with Gasteiger partial charge in [-0.05, 0) is 25.3 Å². The first kappa shape index (κ1) is 15.7. The number of piperidine rings is 1.